The largest absolute Gasteiger partial charge is 0.382 e. The highest BCUT2D eigenvalue weighted by molar-refractivity contribution is 6.45. The molecule has 4 N–H and O–H groups in total. The van der Waals surface area contributed by atoms with Crippen LogP contribution in [-0.4, -0.2) is 54.6 Å². The van der Waals surface area contributed by atoms with E-state index in [2.05, 4.69) is 15.4 Å². The summed E-state index contributed by atoms with van der Waals surface area (Å²) in [5.74, 6) is -0.478. The van der Waals surface area contributed by atoms with Gasteiger partial charge in [-0.15, -0.1) is 0 Å². The number of rotatable bonds is 5. The highest BCUT2D eigenvalue weighted by atomic mass is 16.6. The van der Waals surface area contributed by atoms with Gasteiger partial charge in [-0.05, 0) is 19.2 Å². The molecule has 0 bridgehead atoms. The Morgan fingerprint density at radius 2 is 2.12 bits per heavy atom. The normalized spacial score (nSPS) is 15.7. The highest BCUT2D eigenvalue weighted by Gasteiger charge is 2.23. The minimum atomic E-state index is -0.478. The number of likely N-dealkylation sites (N-methyl/N-ethyl adjacent to an activating group) is 1. The molecule has 1 saturated heterocycles. The Balaban J connectivity index is 2.25. The van der Waals surface area contributed by atoms with E-state index in [1.165, 1.54) is 6.07 Å². The Bertz CT molecular complexity index is 716. The van der Waals surface area contributed by atoms with Crippen molar-refractivity contribution in [2.75, 3.05) is 43.6 Å². The average molecular weight is 330 g/mol. The summed E-state index contributed by atoms with van der Waals surface area (Å²) in [6, 6.07) is 6.31. The van der Waals surface area contributed by atoms with Crippen molar-refractivity contribution in [3.8, 4) is 6.07 Å². The maximum atomic E-state index is 11.4. The van der Waals surface area contributed by atoms with Gasteiger partial charge in [-0.2, -0.15) is 10.4 Å². The first kappa shape index (κ1) is 17.2. The molecule has 1 aliphatic heterocycles. The molecule has 0 spiro atoms. The van der Waals surface area contributed by atoms with Gasteiger partial charge in [-0.3, -0.25) is 20.9 Å². The average Bonchev–Trinajstić information content (AvgIpc) is 2.55. The quantitative estimate of drug-likeness (QED) is 0.309. The highest BCUT2D eigenvalue weighted by Crippen LogP contribution is 2.31. The number of nitrogens with zero attached hydrogens (tertiary/aromatic N) is 5. The van der Waals surface area contributed by atoms with Gasteiger partial charge in [0.15, 0.2) is 5.84 Å². The summed E-state index contributed by atoms with van der Waals surface area (Å²) in [5, 5.41) is 31.0. The van der Waals surface area contributed by atoms with Crippen LogP contribution in [0.25, 0.3) is 0 Å². The van der Waals surface area contributed by atoms with E-state index in [4.69, 9.17) is 16.4 Å². The third-order valence-electron chi connectivity index (χ3n) is 3.67. The van der Waals surface area contributed by atoms with Gasteiger partial charge in [0.1, 0.15) is 11.8 Å². The summed E-state index contributed by atoms with van der Waals surface area (Å²) in [6.07, 6.45) is 0. The van der Waals surface area contributed by atoms with E-state index < -0.39 is 10.8 Å². The molecule has 0 aromatic heterocycles. The SMILES string of the molecule is CN1CCN(c2ccc(N/N=C(\C#N)C(=N)N)cc2[N+](=O)[O-])CC1. The lowest BCUT2D eigenvalue weighted by Gasteiger charge is -2.33. The molecule has 10 heteroatoms. The molecule has 1 aromatic rings. The number of nitrogens with one attached hydrogen (secondary N) is 2. The molecule has 126 valence electrons. The van der Waals surface area contributed by atoms with Crippen molar-refractivity contribution >= 4 is 28.6 Å². The summed E-state index contributed by atoms with van der Waals surface area (Å²) in [6.45, 7) is 3.10. The van der Waals surface area contributed by atoms with Crippen LogP contribution in [0.5, 0.6) is 0 Å². The number of nitro benzene ring substituents is 1. The minimum absolute atomic E-state index is 0.0407. The Morgan fingerprint density at radius 1 is 1.46 bits per heavy atom. The van der Waals surface area contributed by atoms with Crippen LogP contribution in [0.1, 0.15) is 0 Å². The summed E-state index contributed by atoms with van der Waals surface area (Å²) < 4.78 is 0. The molecule has 0 unspecified atom stereocenters. The third kappa shape index (κ3) is 3.96. The molecule has 1 heterocycles. The topological polar surface area (TPSA) is 148 Å². The van der Waals surface area contributed by atoms with E-state index in [1.54, 1.807) is 18.2 Å². The molecule has 1 aliphatic rings. The van der Waals surface area contributed by atoms with Gasteiger partial charge in [-0.1, -0.05) is 0 Å². The van der Waals surface area contributed by atoms with Crippen LogP contribution < -0.4 is 16.1 Å². The van der Waals surface area contributed by atoms with E-state index in [0.717, 1.165) is 13.1 Å². The molecule has 0 amide bonds. The molecule has 1 aromatic carbocycles. The standard InChI is InChI=1S/C14H18N8O2/c1-20-4-6-21(7-5-20)12-3-2-10(8-13(12)22(23)24)18-19-11(9-15)14(16)17/h2-3,8,18H,4-7H2,1H3,(H3,16,17)/b19-11+. The van der Waals surface area contributed by atoms with Crippen LogP contribution in [0, 0.1) is 26.9 Å². The van der Waals surface area contributed by atoms with E-state index in [9.17, 15) is 10.1 Å². The molecule has 10 nitrogen and oxygen atoms in total. The fourth-order valence-electron chi connectivity index (χ4n) is 2.32. The van der Waals surface area contributed by atoms with Crippen LogP contribution in [0.2, 0.25) is 0 Å². The number of anilines is 2. The number of nitriles is 1. The number of amidine groups is 1. The zero-order valence-electron chi connectivity index (χ0n) is 13.2. The predicted octanol–water partition coefficient (Wildman–Crippen LogP) is 0.574. The van der Waals surface area contributed by atoms with Crippen LogP contribution in [0.4, 0.5) is 17.1 Å². The van der Waals surface area contributed by atoms with E-state index in [1.807, 2.05) is 11.9 Å². The molecule has 2 rings (SSSR count). The molecule has 0 radical (unpaired) electrons. The zero-order valence-corrected chi connectivity index (χ0v) is 13.2. The first-order valence-corrected chi connectivity index (χ1v) is 7.22. The molecular formula is C14H18N8O2. The Morgan fingerprint density at radius 3 is 2.67 bits per heavy atom. The molecule has 0 saturated carbocycles. The first-order valence-electron chi connectivity index (χ1n) is 7.22. The van der Waals surface area contributed by atoms with E-state index in [-0.39, 0.29) is 11.4 Å². The van der Waals surface area contributed by atoms with Crippen molar-refractivity contribution in [3.05, 3.63) is 28.3 Å². The van der Waals surface area contributed by atoms with Gasteiger partial charge in [0.05, 0.1) is 10.6 Å². The molecule has 0 atom stereocenters. The van der Waals surface area contributed by atoms with Gasteiger partial charge in [0, 0.05) is 32.2 Å². The zero-order chi connectivity index (χ0) is 17.7. The van der Waals surface area contributed by atoms with Gasteiger partial charge < -0.3 is 15.5 Å². The van der Waals surface area contributed by atoms with Crippen molar-refractivity contribution in [3.63, 3.8) is 0 Å². The maximum Gasteiger partial charge on any atom is 0.294 e. The second-order valence-corrected chi connectivity index (χ2v) is 5.35. The number of hydrogen-bond donors (Lipinski definition) is 3. The minimum Gasteiger partial charge on any atom is -0.382 e. The Kier molecular flexibility index (Phi) is 5.28. The Hall–Kier alpha value is -3.19. The van der Waals surface area contributed by atoms with Crippen molar-refractivity contribution < 1.29 is 4.92 Å². The summed E-state index contributed by atoms with van der Waals surface area (Å²) in [5.41, 5.74) is 8.28. The monoisotopic (exact) mass is 330 g/mol. The summed E-state index contributed by atoms with van der Waals surface area (Å²) in [4.78, 5) is 15.1. The van der Waals surface area contributed by atoms with E-state index in [0.29, 0.717) is 24.5 Å². The van der Waals surface area contributed by atoms with Crippen molar-refractivity contribution in [1.82, 2.24) is 4.90 Å². The smallest absolute Gasteiger partial charge is 0.294 e. The van der Waals surface area contributed by atoms with Crippen LogP contribution in [0.15, 0.2) is 23.3 Å². The predicted molar refractivity (Wildman–Crippen MR) is 91.4 cm³/mol. The van der Waals surface area contributed by atoms with Gasteiger partial charge >= 0.3 is 0 Å². The fourth-order valence-corrected chi connectivity index (χ4v) is 2.32. The lowest BCUT2D eigenvalue weighted by atomic mass is 10.2. The van der Waals surface area contributed by atoms with Gasteiger partial charge in [0.2, 0.25) is 5.71 Å². The van der Waals surface area contributed by atoms with Crippen LogP contribution >= 0.6 is 0 Å². The Labute approximate surface area is 138 Å². The second-order valence-electron chi connectivity index (χ2n) is 5.35. The summed E-state index contributed by atoms with van der Waals surface area (Å²) >= 11 is 0. The number of benzene rings is 1. The first-order chi connectivity index (χ1) is 11.4. The maximum absolute atomic E-state index is 11.4. The second kappa shape index (κ2) is 7.38. The number of piperazine rings is 1. The number of hydrogen-bond acceptors (Lipinski definition) is 8. The van der Waals surface area contributed by atoms with Crippen molar-refractivity contribution in [1.29, 1.82) is 10.7 Å². The number of nitrogens with two attached hydrogens (primary N) is 1. The molecule has 0 aliphatic carbocycles. The lowest BCUT2D eigenvalue weighted by Crippen LogP contribution is -2.44. The number of hydrazone groups is 1. The van der Waals surface area contributed by atoms with Gasteiger partial charge in [0.25, 0.3) is 5.69 Å². The van der Waals surface area contributed by atoms with Crippen LogP contribution in [0.3, 0.4) is 0 Å². The van der Waals surface area contributed by atoms with Crippen molar-refractivity contribution in [2.24, 2.45) is 10.8 Å². The van der Waals surface area contributed by atoms with Crippen LogP contribution in [-0.2, 0) is 0 Å². The van der Waals surface area contributed by atoms with E-state index >= 15 is 0 Å². The van der Waals surface area contributed by atoms with Crippen molar-refractivity contribution in [2.45, 2.75) is 0 Å². The molecule has 1 fully saturated rings. The lowest BCUT2D eigenvalue weighted by molar-refractivity contribution is -0.384. The number of nitro groups is 1. The fraction of sp³-hybridized carbons (Fsp3) is 0.357. The molecule has 24 heavy (non-hydrogen) atoms. The molecular weight excluding hydrogens is 312 g/mol. The summed E-state index contributed by atoms with van der Waals surface area (Å²) in [7, 11) is 2.01. The van der Waals surface area contributed by atoms with Gasteiger partial charge in [-0.25, -0.2) is 0 Å². The third-order valence-corrected chi connectivity index (χ3v) is 3.67.